The fourth-order valence-corrected chi connectivity index (χ4v) is 3.28. The number of rotatable bonds is 5. The summed E-state index contributed by atoms with van der Waals surface area (Å²) in [5.41, 5.74) is 0.340. The second-order valence-corrected chi connectivity index (χ2v) is 5.94. The van der Waals surface area contributed by atoms with Crippen molar-refractivity contribution in [2.24, 2.45) is 0 Å². The fraction of sp³-hybridized carbons (Fsp3) is 0.154. The summed E-state index contributed by atoms with van der Waals surface area (Å²) in [6.45, 7) is 0.364. The van der Waals surface area contributed by atoms with Crippen LogP contribution in [0.2, 0.25) is 0 Å². The number of carbonyl (C=O) groups is 1. The molecule has 0 aliphatic rings. The highest BCUT2D eigenvalue weighted by Gasteiger charge is 2.20. The Kier molecular flexibility index (Phi) is 4.92. The van der Waals surface area contributed by atoms with Gasteiger partial charge in [-0.15, -0.1) is 11.3 Å². The number of nitrogens with zero attached hydrogens (tertiary/aromatic N) is 1. The number of amides is 1. The van der Waals surface area contributed by atoms with Crippen molar-refractivity contribution in [3.8, 4) is 0 Å². The maximum absolute atomic E-state index is 12.2. The lowest BCUT2D eigenvalue weighted by molar-refractivity contribution is -0.384. The van der Waals surface area contributed by atoms with E-state index >= 15 is 0 Å². The number of hydrogen-bond donors (Lipinski definition) is 2. The summed E-state index contributed by atoms with van der Waals surface area (Å²) in [6, 6.07) is 6.31. The number of anilines is 1. The van der Waals surface area contributed by atoms with Gasteiger partial charge in [-0.25, -0.2) is 0 Å². The molecule has 2 N–H and O–H groups in total. The van der Waals surface area contributed by atoms with Gasteiger partial charge in [0, 0.05) is 22.5 Å². The zero-order valence-electron chi connectivity index (χ0n) is 11.1. The van der Waals surface area contributed by atoms with Gasteiger partial charge in [-0.3, -0.25) is 14.9 Å². The molecular weight excluding hydrogens is 358 g/mol. The van der Waals surface area contributed by atoms with E-state index in [1.165, 1.54) is 23.5 Å². The molecule has 0 spiro atoms. The van der Waals surface area contributed by atoms with Gasteiger partial charge in [-0.2, -0.15) is 0 Å². The monoisotopic (exact) mass is 369 g/mol. The van der Waals surface area contributed by atoms with Crippen molar-refractivity contribution < 1.29 is 9.72 Å². The van der Waals surface area contributed by atoms with Crippen LogP contribution in [0.1, 0.15) is 15.2 Å². The number of halogens is 1. The molecule has 0 fully saturated rings. The van der Waals surface area contributed by atoms with Gasteiger partial charge in [0.1, 0.15) is 5.69 Å². The Labute approximate surface area is 133 Å². The third-order valence-corrected chi connectivity index (χ3v) is 4.76. The summed E-state index contributed by atoms with van der Waals surface area (Å²) in [4.78, 5) is 23.7. The van der Waals surface area contributed by atoms with Crippen LogP contribution in [-0.4, -0.2) is 17.9 Å². The number of carbonyl (C=O) groups excluding carboxylic acids is 1. The molecule has 0 saturated heterocycles. The second-order valence-electron chi connectivity index (χ2n) is 4.08. The predicted octanol–water partition coefficient (Wildman–Crippen LogP) is 3.39. The van der Waals surface area contributed by atoms with Gasteiger partial charge in [-0.05, 0) is 33.4 Å². The van der Waals surface area contributed by atoms with Gasteiger partial charge in [0.05, 0.1) is 17.0 Å². The first-order valence-corrected chi connectivity index (χ1v) is 7.67. The minimum Gasteiger partial charge on any atom is -0.382 e. The summed E-state index contributed by atoms with van der Waals surface area (Å²) < 4.78 is 0.931. The number of thiophene rings is 1. The molecule has 0 atom stereocenters. The van der Waals surface area contributed by atoms with Crippen LogP contribution in [0.3, 0.4) is 0 Å². The maximum Gasteiger partial charge on any atom is 0.293 e. The van der Waals surface area contributed by atoms with Gasteiger partial charge >= 0.3 is 0 Å². The minimum atomic E-state index is -0.515. The predicted molar refractivity (Wildman–Crippen MR) is 85.8 cm³/mol. The Hall–Kier alpha value is -1.93. The van der Waals surface area contributed by atoms with Crippen molar-refractivity contribution in [2.45, 2.75) is 6.54 Å². The van der Waals surface area contributed by atoms with Crippen LogP contribution < -0.4 is 10.6 Å². The lowest BCUT2D eigenvalue weighted by Gasteiger charge is -2.09. The number of hydrogen-bond acceptors (Lipinski definition) is 5. The summed E-state index contributed by atoms with van der Waals surface area (Å²) in [5, 5.41) is 18.4. The standard InChI is InChI=1S/C13H12BrN3O3S/c1-15-12-8(3-2-4-10(12)17(19)20)13(18)16-7-11-9(14)5-6-21-11/h2-6,15H,7H2,1H3,(H,16,18). The van der Waals surface area contributed by atoms with Gasteiger partial charge < -0.3 is 10.6 Å². The SMILES string of the molecule is CNc1c(C(=O)NCc2sccc2Br)cccc1[N+](=O)[O-]. The molecule has 6 nitrogen and oxygen atoms in total. The number of benzene rings is 1. The van der Waals surface area contributed by atoms with E-state index in [0.29, 0.717) is 6.54 Å². The molecule has 21 heavy (non-hydrogen) atoms. The van der Waals surface area contributed by atoms with Crippen molar-refractivity contribution in [1.82, 2.24) is 5.32 Å². The Morgan fingerprint density at radius 2 is 2.19 bits per heavy atom. The van der Waals surface area contributed by atoms with Crippen molar-refractivity contribution in [2.75, 3.05) is 12.4 Å². The lowest BCUT2D eigenvalue weighted by atomic mass is 10.1. The van der Waals surface area contributed by atoms with Crippen LogP contribution in [0.15, 0.2) is 34.1 Å². The Morgan fingerprint density at radius 1 is 1.43 bits per heavy atom. The fourth-order valence-electron chi connectivity index (χ4n) is 1.85. The largest absolute Gasteiger partial charge is 0.382 e. The summed E-state index contributed by atoms with van der Waals surface area (Å²) >= 11 is 4.91. The molecule has 0 radical (unpaired) electrons. The van der Waals surface area contributed by atoms with Crippen molar-refractivity contribution in [3.63, 3.8) is 0 Å². The Bertz CT molecular complexity index is 687. The first kappa shape index (κ1) is 15.5. The van der Waals surface area contributed by atoms with Crippen LogP contribution in [0.5, 0.6) is 0 Å². The van der Waals surface area contributed by atoms with Gasteiger partial charge in [0.25, 0.3) is 11.6 Å². The molecule has 0 bridgehead atoms. The average Bonchev–Trinajstić information content (AvgIpc) is 2.89. The van der Waals surface area contributed by atoms with Crippen molar-refractivity contribution in [1.29, 1.82) is 0 Å². The maximum atomic E-state index is 12.2. The van der Waals surface area contributed by atoms with E-state index in [9.17, 15) is 14.9 Å². The number of nitrogens with one attached hydrogen (secondary N) is 2. The second kappa shape index (κ2) is 6.68. The van der Waals surface area contributed by atoms with Crippen LogP contribution >= 0.6 is 27.3 Å². The smallest absolute Gasteiger partial charge is 0.293 e. The molecule has 0 aliphatic heterocycles. The lowest BCUT2D eigenvalue weighted by Crippen LogP contribution is -2.23. The van der Waals surface area contributed by atoms with E-state index in [4.69, 9.17) is 0 Å². The topological polar surface area (TPSA) is 84.3 Å². The van der Waals surface area contributed by atoms with Crippen LogP contribution in [0, 0.1) is 10.1 Å². The van der Waals surface area contributed by atoms with E-state index < -0.39 is 4.92 Å². The zero-order valence-corrected chi connectivity index (χ0v) is 13.5. The van der Waals surface area contributed by atoms with Crippen molar-refractivity contribution >= 4 is 44.5 Å². The average molecular weight is 370 g/mol. The summed E-state index contributed by atoms with van der Waals surface area (Å²) in [7, 11) is 1.55. The quantitative estimate of drug-likeness (QED) is 0.624. The normalized spacial score (nSPS) is 10.2. The third-order valence-electron chi connectivity index (χ3n) is 2.83. The number of nitro groups is 1. The van der Waals surface area contributed by atoms with Crippen LogP contribution in [0.4, 0.5) is 11.4 Å². The molecule has 0 saturated carbocycles. The van der Waals surface area contributed by atoms with E-state index in [1.807, 2.05) is 11.4 Å². The van der Waals surface area contributed by atoms with Crippen molar-refractivity contribution in [3.05, 3.63) is 54.7 Å². The molecular formula is C13H12BrN3O3S. The highest BCUT2D eigenvalue weighted by atomic mass is 79.9. The van der Waals surface area contributed by atoms with Crippen LogP contribution in [-0.2, 0) is 6.54 Å². The molecule has 1 aromatic heterocycles. The summed E-state index contributed by atoms with van der Waals surface area (Å²) in [6.07, 6.45) is 0. The number of para-hydroxylation sites is 1. The molecule has 2 aromatic rings. The Morgan fingerprint density at radius 3 is 2.76 bits per heavy atom. The van der Waals surface area contributed by atoms with E-state index in [2.05, 4.69) is 26.6 Å². The summed E-state index contributed by atoms with van der Waals surface area (Å²) in [5.74, 6) is -0.358. The highest BCUT2D eigenvalue weighted by molar-refractivity contribution is 9.10. The van der Waals surface area contributed by atoms with Gasteiger partial charge in [-0.1, -0.05) is 6.07 Å². The minimum absolute atomic E-state index is 0.123. The first-order valence-electron chi connectivity index (χ1n) is 5.99. The molecule has 1 heterocycles. The highest BCUT2D eigenvalue weighted by Crippen LogP contribution is 2.28. The molecule has 2 rings (SSSR count). The molecule has 0 aliphatic carbocycles. The van der Waals surface area contributed by atoms with Gasteiger partial charge in [0.15, 0.2) is 0 Å². The first-order chi connectivity index (χ1) is 10.0. The Balaban J connectivity index is 2.21. The molecule has 110 valence electrons. The number of nitro benzene ring substituents is 1. The third kappa shape index (κ3) is 3.40. The van der Waals surface area contributed by atoms with Crippen LogP contribution in [0.25, 0.3) is 0 Å². The van der Waals surface area contributed by atoms with Gasteiger partial charge in [0.2, 0.25) is 0 Å². The zero-order chi connectivity index (χ0) is 15.4. The molecule has 1 aromatic carbocycles. The van der Waals surface area contributed by atoms with E-state index in [-0.39, 0.29) is 22.8 Å². The molecule has 0 unspecified atom stereocenters. The van der Waals surface area contributed by atoms with E-state index in [1.54, 1.807) is 13.1 Å². The molecule has 8 heteroatoms. The van der Waals surface area contributed by atoms with E-state index in [0.717, 1.165) is 9.35 Å². The molecule has 1 amide bonds.